The molecule has 16 heavy (non-hydrogen) atoms. The minimum atomic E-state index is -0.0899. The summed E-state index contributed by atoms with van der Waals surface area (Å²) < 4.78 is 2.67. The van der Waals surface area contributed by atoms with E-state index in [1.165, 1.54) is 0 Å². The number of halogens is 1. The van der Waals surface area contributed by atoms with Gasteiger partial charge in [0.2, 0.25) is 0 Å². The molecule has 1 aromatic heterocycles. The molecule has 0 bridgehead atoms. The van der Waals surface area contributed by atoms with Gasteiger partial charge in [0.1, 0.15) is 5.69 Å². The lowest BCUT2D eigenvalue weighted by molar-refractivity contribution is 0.0927. The first-order chi connectivity index (χ1) is 7.56. The first-order valence-corrected chi connectivity index (χ1v) is 6.07. The Bertz CT molecular complexity index is 410. The van der Waals surface area contributed by atoms with Gasteiger partial charge in [-0.15, -0.1) is 0 Å². The first kappa shape index (κ1) is 11.7. The van der Waals surface area contributed by atoms with Gasteiger partial charge in [0, 0.05) is 29.7 Å². The Hall–Kier alpha value is -0.810. The Morgan fingerprint density at radius 3 is 2.81 bits per heavy atom. The fourth-order valence-corrected chi connectivity index (χ4v) is 2.20. The Balaban J connectivity index is 1.96. The zero-order valence-corrected chi connectivity index (χ0v) is 10.7. The summed E-state index contributed by atoms with van der Waals surface area (Å²) in [5.41, 5.74) is 0.582. The van der Waals surface area contributed by atoms with Crippen LogP contribution >= 0.6 is 15.9 Å². The van der Waals surface area contributed by atoms with Gasteiger partial charge in [-0.3, -0.25) is 4.79 Å². The van der Waals surface area contributed by atoms with Gasteiger partial charge in [-0.25, -0.2) is 0 Å². The van der Waals surface area contributed by atoms with Crippen LogP contribution in [0.2, 0.25) is 0 Å². The van der Waals surface area contributed by atoms with Crippen molar-refractivity contribution in [3.63, 3.8) is 0 Å². The summed E-state index contributed by atoms with van der Waals surface area (Å²) in [5, 5.41) is 12.0. The third-order valence-corrected chi connectivity index (χ3v) is 3.55. The highest BCUT2D eigenvalue weighted by Gasteiger charge is 2.42. The lowest BCUT2D eigenvalue weighted by atomic mass is 10.1. The van der Waals surface area contributed by atoms with E-state index in [0.29, 0.717) is 12.2 Å². The number of nitrogens with zero attached hydrogens (tertiary/aromatic N) is 1. The van der Waals surface area contributed by atoms with Crippen molar-refractivity contribution >= 4 is 21.8 Å². The molecule has 1 saturated carbocycles. The number of hydrogen-bond acceptors (Lipinski definition) is 2. The zero-order valence-electron chi connectivity index (χ0n) is 9.16. The van der Waals surface area contributed by atoms with Crippen LogP contribution in [0.15, 0.2) is 16.7 Å². The number of rotatable bonds is 4. The van der Waals surface area contributed by atoms with Gasteiger partial charge in [-0.05, 0) is 34.8 Å². The molecule has 1 aliphatic rings. The fraction of sp³-hybridized carbons (Fsp3) is 0.545. The van der Waals surface area contributed by atoms with Crippen molar-refractivity contribution in [1.82, 2.24) is 9.88 Å². The molecule has 0 atom stereocenters. The summed E-state index contributed by atoms with van der Waals surface area (Å²) in [4.78, 5) is 11.8. The Kier molecular flexibility index (Phi) is 3.08. The summed E-state index contributed by atoms with van der Waals surface area (Å²) >= 11 is 3.33. The summed E-state index contributed by atoms with van der Waals surface area (Å²) in [6.45, 7) is 0.718. The summed E-state index contributed by atoms with van der Waals surface area (Å²) in [7, 11) is 1.83. The smallest absolute Gasteiger partial charge is 0.267 e. The third kappa shape index (κ3) is 2.30. The molecule has 5 heteroatoms. The summed E-state index contributed by atoms with van der Waals surface area (Å²) in [6.07, 6.45) is 3.84. The number of aliphatic hydroxyl groups is 1. The minimum Gasteiger partial charge on any atom is -0.396 e. The van der Waals surface area contributed by atoms with E-state index in [4.69, 9.17) is 5.11 Å². The molecule has 2 rings (SSSR count). The normalized spacial score (nSPS) is 17.2. The molecule has 0 saturated heterocycles. The van der Waals surface area contributed by atoms with Crippen LogP contribution in [-0.4, -0.2) is 28.7 Å². The van der Waals surface area contributed by atoms with E-state index in [2.05, 4.69) is 21.2 Å². The van der Waals surface area contributed by atoms with Crippen molar-refractivity contribution in [1.29, 1.82) is 0 Å². The van der Waals surface area contributed by atoms with E-state index in [-0.39, 0.29) is 17.9 Å². The van der Waals surface area contributed by atoms with E-state index >= 15 is 0 Å². The lowest BCUT2D eigenvalue weighted by Gasteiger charge is -2.12. The van der Waals surface area contributed by atoms with Crippen molar-refractivity contribution < 1.29 is 9.90 Å². The molecule has 4 nitrogen and oxygen atoms in total. The van der Waals surface area contributed by atoms with Gasteiger partial charge in [0.05, 0.1) is 6.61 Å². The molecular formula is C11H15BrN2O2. The highest BCUT2D eigenvalue weighted by atomic mass is 79.9. The highest BCUT2D eigenvalue weighted by molar-refractivity contribution is 9.10. The summed E-state index contributed by atoms with van der Waals surface area (Å²) in [5.74, 6) is -0.0899. The second kappa shape index (κ2) is 4.22. The van der Waals surface area contributed by atoms with Gasteiger partial charge in [0.15, 0.2) is 0 Å². The molecule has 1 fully saturated rings. The SMILES string of the molecule is Cn1cc(Br)cc1C(=O)NCC1(CO)CC1. The molecule has 0 aromatic carbocycles. The maximum atomic E-state index is 11.8. The second-order valence-corrected chi connectivity index (χ2v) is 5.41. The zero-order chi connectivity index (χ0) is 11.8. The van der Waals surface area contributed by atoms with Crippen LogP contribution in [0.25, 0.3) is 0 Å². The van der Waals surface area contributed by atoms with Crippen molar-refractivity contribution in [2.45, 2.75) is 12.8 Å². The number of carbonyl (C=O) groups is 1. The van der Waals surface area contributed by atoms with E-state index in [1.807, 2.05) is 13.2 Å². The van der Waals surface area contributed by atoms with E-state index < -0.39 is 0 Å². The van der Waals surface area contributed by atoms with E-state index in [0.717, 1.165) is 17.3 Å². The van der Waals surface area contributed by atoms with Gasteiger partial charge < -0.3 is 15.0 Å². The van der Waals surface area contributed by atoms with Crippen LogP contribution < -0.4 is 5.32 Å². The molecule has 0 spiro atoms. The monoisotopic (exact) mass is 286 g/mol. The van der Waals surface area contributed by atoms with Crippen LogP contribution in [0.1, 0.15) is 23.3 Å². The first-order valence-electron chi connectivity index (χ1n) is 5.27. The van der Waals surface area contributed by atoms with Gasteiger partial charge >= 0.3 is 0 Å². The highest BCUT2D eigenvalue weighted by Crippen LogP contribution is 2.44. The predicted molar refractivity (Wildman–Crippen MR) is 64.2 cm³/mol. The number of aryl methyl sites for hydroxylation is 1. The molecule has 0 radical (unpaired) electrons. The fourth-order valence-electron chi connectivity index (χ4n) is 1.68. The van der Waals surface area contributed by atoms with Gasteiger partial charge in [-0.1, -0.05) is 0 Å². The molecule has 1 amide bonds. The van der Waals surface area contributed by atoms with Crippen LogP contribution in [0.3, 0.4) is 0 Å². The molecule has 0 unspecified atom stereocenters. The van der Waals surface area contributed by atoms with E-state index in [1.54, 1.807) is 10.6 Å². The van der Waals surface area contributed by atoms with Crippen LogP contribution in [-0.2, 0) is 7.05 Å². The number of carbonyl (C=O) groups excluding carboxylic acids is 1. The van der Waals surface area contributed by atoms with Crippen molar-refractivity contribution in [3.8, 4) is 0 Å². The number of hydrogen-bond donors (Lipinski definition) is 2. The molecule has 1 heterocycles. The number of amides is 1. The largest absolute Gasteiger partial charge is 0.396 e. The van der Waals surface area contributed by atoms with Crippen LogP contribution in [0.4, 0.5) is 0 Å². The number of aliphatic hydroxyl groups excluding tert-OH is 1. The molecule has 1 aliphatic carbocycles. The Morgan fingerprint density at radius 1 is 1.69 bits per heavy atom. The topological polar surface area (TPSA) is 54.3 Å². The van der Waals surface area contributed by atoms with Gasteiger partial charge in [0.25, 0.3) is 5.91 Å². The maximum absolute atomic E-state index is 11.8. The van der Waals surface area contributed by atoms with Gasteiger partial charge in [-0.2, -0.15) is 0 Å². The second-order valence-electron chi connectivity index (χ2n) is 4.50. The standard InChI is InChI=1S/C11H15BrN2O2/c1-14-5-8(12)4-9(14)10(16)13-6-11(7-15)2-3-11/h4-5,15H,2-3,6-7H2,1H3,(H,13,16). The van der Waals surface area contributed by atoms with E-state index in [9.17, 15) is 4.79 Å². The van der Waals surface area contributed by atoms with Crippen molar-refractivity contribution in [2.24, 2.45) is 12.5 Å². The Morgan fingerprint density at radius 2 is 2.38 bits per heavy atom. The average molecular weight is 287 g/mol. The number of aromatic nitrogens is 1. The van der Waals surface area contributed by atoms with Crippen LogP contribution in [0.5, 0.6) is 0 Å². The predicted octanol–water partition coefficient (Wildman–Crippen LogP) is 1.29. The van der Waals surface area contributed by atoms with Crippen LogP contribution in [0, 0.1) is 5.41 Å². The summed E-state index contributed by atoms with van der Waals surface area (Å²) in [6, 6.07) is 1.79. The maximum Gasteiger partial charge on any atom is 0.267 e. The molecule has 0 aliphatic heterocycles. The molecule has 88 valence electrons. The molecule has 1 aromatic rings. The average Bonchev–Trinajstić information content (AvgIpc) is 2.96. The van der Waals surface area contributed by atoms with Crippen molar-refractivity contribution in [3.05, 3.63) is 22.4 Å². The number of nitrogens with one attached hydrogen (secondary N) is 1. The Labute approximate surface area is 103 Å². The minimum absolute atomic E-state index is 0.0436. The molecule has 2 N–H and O–H groups in total. The quantitative estimate of drug-likeness (QED) is 0.876. The van der Waals surface area contributed by atoms with Crippen molar-refractivity contribution in [2.75, 3.05) is 13.2 Å². The molecular weight excluding hydrogens is 272 g/mol. The lowest BCUT2D eigenvalue weighted by Crippen LogP contribution is -2.32. The third-order valence-electron chi connectivity index (χ3n) is 3.12.